The highest BCUT2D eigenvalue weighted by atomic mass is 16.4. The lowest BCUT2D eigenvalue weighted by Gasteiger charge is -2.28. The summed E-state index contributed by atoms with van der Waals surface area (Å²) in [7, 11) is 0. The molecule has 0 radical (unpaired) electrons. The fourth-order valence-electron chi connectivity index (χ4n) is 2.14. The SMILES string of the molecule is CCCCC(NC(=O)C(C)(C)n1cc(C)ccc1=O)C(=O)O. The first-order chi connectivity index (χ1) is 10.2. The first kappa shape index (κ1) is 17.9. The van der Waals surface area contributed by atoms with Crippen LogP contribution in [0.5, 0.6) is 0 Å². The van der Waals surface area contributed by atoms with Crippen LogP contribution in [0, 0.1) is 6.92 Å². The summed E-state index contributed by atoms with van der Waals surface area (Å²) in [6.07, 6.45) is 3.53. The topological polar surface area (TPSA) is 88.4 Å². The van der Waals surface area contributed by atoms with Crippen molar-refractivity contribution in [2.45, 2.75) is 58.5 Å². The number of nitrogens with one attached hydrogen (secondary N) is 1. The van der Waals surface area contributed by atoms with Crippen molar-refractivity contribution in [1.82, 2.24) is 9.88 Å². The Balaban J connectivity index is 3.00. The van der Waals surface area contributed by atoms with Crippen LogP contribution in [0.15, 0.2) is 23.1 Å². The van der Waals surface area contributed by atoms with Crippen molar-refractivity contribution in [3.8, 4) is 0 Å². The maximum Gasteiger partial charge on any atom is 0.326 e. The minimum Gasteiger partial charge on any atom is -0.480 e. The van der Waals surface area contributed by atoms with E-state index in [-0.39, 0.29) is 5.56 Å². The van der Waals surface area contributed by atoms with Crippen LogP contribution in [0.4, 0.5) is 0 Å². The molecule has 0 spiro atoms. The maximum atomic E-state index is 12.5. The lowest BCUT2D eigenvalue weighted by Crippen LogP contribution is -2.53. The number of aromatic nitrogens is 1. The van der Waals surface area contributed by atoms with Gasteiger partial charge in [0.05, 0.1) is 0 Å². The molecule has 1 heterocycles. The minimum absolute atomic E-state index is 0.300. The van der Waals surface area contributed by atoms with Crippen molar-refractivity contribution < 1.29 is 14.7 Å². The van der Waals surface area contributed by atoms with Gasteiger partial charge in [-0.15, -0.1) is 0 Å². The van der Waals surface area contributed by atoms with Gasteiger partial charge in [0.25, 0.3) is 5.56 Å². The number of hydrogen-bond acceptors (Lipinski definition) is 3. The van der Waals surface area contributed by atoms with E-state index in [2.05, 4.69) is 5.32 Å². The van der Waals surface area contributed by atoms with Gasteiger partial charge in [0.2, 0.25) is 5.91 Å². The smallest absolute Gasteiger partial charge is 0.326 e. The molecule has 0 bridgehead atoms. The zero-order chi connectivity index (χ0) is 16.9. The molecule has 2 N–H and O–H groups in total. The number of aliphatic carboxylic acids is 1. The molecular weight excluding hydrogens is 284 g/mol. The van der Waals surface area contributed by atoms with Gasteiger partial charge in [0.15, 0.2) is 0 Å². The van der Waals surface area contributed by atoms with E-state index in [9.17, 15) is 19.5 Å². The second-order valence-corrected chi connectivity index (χ2v) is 5.98. The quantitative estimate of drug-likeness (QED) is 0.801. The third-order valence-electron chi connectivity index (χ3n) is 3.67. The Hall–Kier alpha value is -2.11. The van der Waals surface area contributed by atoms with E-state index in [0.29, 0.717) is 12.8 Å². The van der Waals surface area contributed by atoms with Crippen LogP contribution in [-0.4, -0.2) is 27.6 Å². The summed E-state index contributed by atoms with van der Waals surface area (Å²) in [5.74, 6) is -1.54. The third-order valence-corrected chi connectivity index (χ3v) is 3.67. The van der Waals surface area contributed by atoms with Crippen molar-refractivity contribution in [3.63, 3.8) is 0 Å². The summed E-state index contributed by atoms with van der Waals surface area (Å²) < 4.78 is 1.33. The lowest BCUT2D eigenvalue weighted by atomic mass is 10.0. The number of amides is 1. The molecule has 0 aliphatic heterocycles. The molecule has 1 aromatic heterocycles. The van der Waals surface area contributed by atoms with Crippen LogP contribution in [0.3, 0.4) is 0 Å². The molecule has 0 aromatic carbocycles. The Kier molecular flexibility index (Phi) is 5.91. The molecule has 0 fully saturated rings. The minimum atomic E-state index is -1.16. The first-order valence-electron chi connectivity index (χ1n) is 7.43. The van der Waals surface area contributed by atoms with Gasteiger partial charge in [0.1, 0.15) is 11.6 Å². The predicted molar refractivity (Wildman–Crippen MR) is 83.9 cm³/mol. The zero-order valence-corrected chi connectivity index (χ0v) is 13.5. The van der Waals surface area contributed by atoms with Gasteiger partial charge in [-0.1, -0.05) is 25.8 Å². The Morgan fingerprint density at radius 2 is 2.00 bits per heavy atom. The summed E-state index contributed by atoms with van der Waals surface area (Å²) in [4.78, 5) is 35.7. The summed E-state index contributed by atoms with van der Waals surface area (Å²) in [6, 6.07) is 2.14. The van der Waals surface area contributed by atoms with Crippen LogP contribution in [0.1, 0.15) is 45.6 Å². The van der Waals surface area contributed by atoms with Gasteiger partial charge < -0.3 is 15.0 Å². The van der Waals surface area contributed by atoms with E-state index >= 15 is 0 Å². The number of nitrogens with zero attached hydrogens (tertiary/aromatic N) is 1. The van der Waals surface area contributed by atoms with Gasteiger partial charge in [-0.05, 0) is 32.8 Å². The average molecular weight is 308 g/mol. The highest BCUT2D eigenvalue weighted by molar-refractivity contribution is 5.88. The monoisotopic (exact) mass is 308 g/mol. The van der Waals surface area contributed by atoms with Gasteiger partial charge in [-0.2, -0.15) is 0 Å². The molecule has 122 valence electrons. The first-order valence-corrected chi connectivity index (χ1v) is 7.43. The Morgan fingerprint density at radius 1 is 1.36 bits per heavy atom. The number of carbonyl (C=O) groups is 2. The second kappa shape index (κ2) is 7.24. The third kappa shape index (κ3) is 4.19. The summed E-state index contributed by atoms with van der Waals surface area (Å²) in [5, 5.41) is 11.7. The Labute approximate surface area is 130 Å². The maximum absolute atomic E-state index is 12.5. The van der Waals surface area contributed by atoms with E-state index in [1.807, 2.05) is 13.8 Å². The molecule has 0 aliphatic rings. The average Bonchev–Trinajstić information content (AvgIpc) is 2.45. The molecule has 1 rings (SSSR count). The van der Waals surface area contributed by atoms with E-state index < -0.39 is 23.5 Å². The summed E-state index contributed by atoms with van der Waals surface area (Å²) >= 11 is 0. The molecule has 6 nitrogen and oxygen atoms in total. The van der Waals surface area contributed by atoms with Crippen LogP contribution >= 0.6 is 0 Å². The Bertz CT molecular complexity index is 604. The molecule has 0 aliphatic carbocycles. The van der Waals surface area contributed by atoms with Crippen LogP contribution in [0.25, 0.3) is 0 Å². The van der Waals surface area contributed by atoms with Crippen LogP contribution in [-0.2, 0) is 15.1 Å². The zero-order valence-electron chi connectivity index (χ0n) is 13.5. The fourth-order valence-corrected chi connectivity index (χ4v) is 2.14. The highest BCUT2D eigenvalue weighted by Crippen LogP contribution is 2.15. The van der Waals surface area contributed by atoms with E-state index in [1.165, 1.54) is 10.6 Å². The lowest BCUT2D eigenvalue weighted by molar-refractivity contribution is -0.143. The summed E-state index contributed by atoms with van der Waals surface area (Å²) in [6.45, 7) is 6.98. The molecule has 1 aromatic rings. The van der Waals surface area contributed by atoms with Crippen molar-refractivity contribution in [1.29, 1.82) is 0 Å². The number of rotatable bonds is 7. The molecular formula is C16H24N2O4. The van der Waals surface area contributed by atoms with Crippen molar-refractivity contribution in [2.75, 3.05) is 0 Å². The largest absolute Gasteiger partial charge is 0.480 e. The van der Waals surface area contributed by atoms with Crippen molar-refractivity contribution in [3.05, 3.63) is 34.2 Å². The number of carboxylic acid groups (broad SMARTS) is 1. The van der Waals surface area contributed by atoms with Crippen LogP contribution < -0.4 is 10.9 Å². The number of hydrogen-bond donors (Lipinski definition) is 2. The predicted octanol–water partition coefficient (Wildman–Crippen LogP) is 1.65. The van der Waals surface area contributed by atoms with Gasteiger partial charge >= 0.3 is 5.97 Å². The second-order valence-electron chi connectivity index (χ2n) is 5.98. The normalized spacial score (nSPS) is 12.7. The highest BCUT2D eigenvalue weighted by Gasteiger charge is 2.33. The van der Waals surface area contributed by atoms with Crippen molar-refractivity contribution in [2.24, 2.45) is 0 Å². The number of pyridine rings is 1. The molecule has 1 unspecified atom stereocenters. The van der Waals surface area contributed by atoms with E-state index in [1.54, 1.807) is 26.1 Å². The molecule has 1 atom stereocenters. The number of unbranched alkanes of at least 4 members (excludes halogenated alkanes) is 1. The molecule has 0 saturated heterocycles. The molecule has 22 heavy (non-hydrogen) atoms. The molecule has 6 heteroatoms. The molecule has 1 amide bonds. The number of carbonyl (C=O) groups excluding carboxylic acids is 1. The van der Waals surface area contributed by atoms with E-state index in [4.69, 9.17) is 0 Å². The van der Waals surface area contributed by atoms with Gasteiger partial charge in [-0.3, -0.25) is 9.59 Å². The number of aryl methyl sites for hydroxylation is 1. The Morgan fingerprint density at radius 3 is 2.55 bits per heavy atom. The van der Waals surface area contributed by atoms with E-state index in [0.717, 1.165) is 12.0 Å². The van der Waals surface area contributed by atoms with Gasteiger partial charge in [-0.25, -0.2) is 4.79 Å². The summed E-state index contributed by atoms with van der Waals surface area (Å²) in [5.41, 5.74) is -0.615. The number of carboxylic acids is 1. The van der Waals surface area contributed by atoms with Gasteiger partial charge in [0, 0.05) is 12.3 Å². The van der Waals surface area contributed by atoms with Crippen LogP contribution in [0.2, 0.25) is 0 Å². The standard InChI is InChI=1S/C16H24N2O4/c1-5-6-7-12(14(20)21)17-15(22)16(3,4)18-10-11(2)8-9-13(18)19/h8-10,12H,5-7H2,1-4H3,(H,17,22)(H,20,21). The molecule has 0 saturated carbocycles. The van der Waals surface area contributed by atoms with Crippen molar-refractivity contribution >= 4 is 11.9 Å². The fraction of sp³-hybridized carbons (Fsp3) is 0.562.